The summed E-state index contributed by atoms with van der Waals surface area (Å²) in [6.07, 6.45) is 5.09. The Morgan fingerprint density at radius 1 is 1.22 bits per heavy atom. The lowest BCUT2D eigenvalue weighted by molar-refractivity contribution is 0.218. The van der Waals surface area contributed by atoms with Crippen molar-refractivity contribution < 1.29 is 5.11 Å². The number of aliphatic hydroxyl groups excluding tert-OH is 1. The van der Waals surface area contributed by atoms with Gasteiger partial charge in [-0.2, -0.15) is 0 Å². The van der Waals surface area contributed by atoms with Crippen molar-refractivity contribution in [2.24, 2.45) is 0 Å². The van der Waals surface area contributed by atoms with Crippen LogP contribution in [0, 0.1) is 0 Å². The van der Waals surface area contributed by atoms with Crippen LogP contribution in [0.3, 0.4) is 0 Å². The predicted molar refractivity (Wildman–Crippen MR) is 75.9 cm³/mol. The first-order valence-corrected chi connectivity index (χ1v) is 7.05. The molecule has 0 amide bonds. The molecule has 2 nitrogen and oxygen atoms in total. The second kappa shape index (κ2) is 5.85. The second-order valence-electron chi connectivity index (χ2n) is 6.09. The fraction of sp³-hybridized carbons (Fsp3) is 0.625. The second-order valence-corrected chi connectivity index (χ2v) is 6.09. The van der Waals surface area contributed by atoms with Crippen molar-refractivity contribution in [3.63, 3.8) is 0 Å². The first-order valence-electron chi connectivity index (χ1n) is 7.05. The van der Waals surface area contributed by atoms with Crippen molar-refractivity contribution in [2.45, 2.75) is 51.0 Å². The van der Waals surface area contributed by atoms with Gasteiger partial charge in [-0.15, -0.1) is 0 Å². The molecular formula is C16H25NO. The highest BCUT2D eigenvalue weighted by Gasteiger charge is 2.19. The molecule has 0 spiro atoms. The summed E-state index contributed by atoms with van der Waals surface area (Å²) in [5.74, 6) is 0. The van der Waals surface area contributed by atoms with Crippen molar-refractivity contribution in [2.75, 3.05) is 13.2 Å². The highest BCUT2D eigenvalue weighted by Crippen LogP contribution is 2.23. The molecule has 18 heavy (non-hydrogen) atoms. The van der Waals surface area contributed by atoms with E-state index in [9.17, 15) is 5.11 Å². The first-order chi connectivity index (χ1) is 8.62. The molecule has 0 radical (unpaired) electrons. The van der Waals surface area contributed by atoms with Crippen LogP contribution in [0.5, 0.6) is 0 Å². The summed E-state index contributed by atoms with van der Waals surface area (Å²) >= 11 is 0. The van der Waals surface area contributed by atoms with E-state index in [2.05, 4.69) is 43.4 Å². The zero-order chi connectivity index (χ0) is 13.0. The Balaban J connectivity index is 1.99. The van der Waals surface area contributed by atoms with Gasteiger partial charge < -0.3 is 10.4 Å². The summed E-state index contributed by atoms with van der Waals surface area (Å²) in [6, 6.07) is 9.39. The van der Waals surface area contributed by atoms with Crippen LogP contribution in [-0.4, -0.2) is 24.3 Å². The first kappa shape index (κ1) is 13.6. The minimum atomic E-state index is -0.137. The quantitative estimate of drug-likeness (QED) is 0.857. The number of aliphatic hydroxyl groups is 1. The van der Waals surface area contributed by atoms with E-state index >= 15 is 0 Å². The maximum Gasteiger partial charge on any atom is 0.0522 e. The molecule has 1 atom stereocenters. The van der Waals surface area contributed by atoms with Gasteiger partial charge in [-0.25, -0.2) is 0 Å². The van der Waals surface area contributed by atoms with Crippen molar-refractivity contribution >= 4 is 0 Å². The third-order valence-corrected chi connectivity index (χ3v) is 4.03. The molecule has 1 aliphatic rings. The molecule has 1 aliphatic heterocycles. The van der Waals surface area contributed by atoms with E-state index in [0.717, 1.165) is 6.42 Å². The third-order valence-electron chi connectivity index (χ3n) is 4.03. The fourth-order valence-corrected chi connectivity index (χ4v) is 2.57. The molecule has 0 bridgehead atoms. The number of hydrogen-bond acceptors (Lipinski definition) is 2. The van der Waals surface area contributed by atoms with Crippen LogP contribution >= 0.6 is 0 Å². The molecule has 1 saturated heterocycles. The van der Waals surface area contributed by atoms with Crippen LogP contribution in [0.2, 0.25) is 0 Å². The molecule has 1 aromatic carbocycles. The lowest BCUT2D eigenvalue weighted by atomic mass is 9.85. The van der Waals surface area contributed by atoms with Crippen molar-refractivity contribution in [3.8, 4) is 0 Å². The third kappa shape index (κ3) is 3.33. The topological polar surface area (TPSA) is 32.3 Å². The van der Waals surface area contributed by atoms with Crippen LogP contribution in [0.1, 0.15) is 44.2 Å². The van der Waals surface area contributed by atoms with Gasteiger partial charge in [0.05, 0.1) is 6.61 Å². The van der Waals surface area contributed by atoms with E-state index in [1.807, 2.05) is 0 Å². The van der Waals surface area contributed by atoms with Gasteiger partial charge in [-0.1, -0.05) is 44.5 Å². The molecule has 1 aromatic rings. The summed E-state index contributed by atoms with van der Waals surface area (Å²) in [5, 5.41) is 13.0. The minimum Gasteiger partial charge on any atom is -0.395 e. The number of nitrogens with one attached hydrogen (secondary N) is 1. The van der Waals surface area contributed by atoms with E-state index in [4.69, 9.17) is 0 Å². The molecule has 2 heteroatoms. The lowest BCUT2D eigenvalue weighted by Gasteiger charge is -2.25. The Kier molecular flexibility index (Phi) is 4.41. The van der Waals surface area contributed by atoms with Gasteiger partial charge in [0.1, 0.15) is 0 Å². The van der Waals surface area contributed by atoms with Crippen LogP contribution in [0.25, 0.3) is 0 Å². The van der Waals surface area contributed by atoms with Crippen molar-refractivity contribution in [1.29, 1.82) is 0 Å². The molecule has 0 saturated carbocycles. The van der Waals surface area contributed by atoms with Gasteiger partial charge in [0.15, 0.2) is 0 Å². The zero-order valence-electron chi connectivity index (χ0n) is 11.6. The molecule has 100 valence electrons. The Morgan fingerprint density at radius 3 is 2.50 bits per heavy atom. The van der Waals surface area contributed by atoms with Gasteiger partial charge >= 0.3 is 0 Å². The Morgan fingerprint density at radius 2 is 1.94 bits per heavy atom. The molecule has 2 N–H and O–H groups in total. The average molecular weight is 247 g/mol. The molecular weight excluding hydrogens is 222 g/mol. The predicted octanol–water partition coefficient (Wildman–Crippen LogP) is 2.64. The van der Waals surface area contributed by atoms with Gasteiger partial charge in [-0.3, -0.25) is 0 Å². The minimum absolute atomic E-state index is 0.137. The number of benzene rings is 1. The van der Waals surface area contributed by atoms with E-state index in [1.165, 1.54) is 36.9 Å². The maximum atomic E-state index is 9.37. The Bertz CT molecular complexity index is 363. The molecule has 1 fully saturated rings. The molecule has 1 unspecified atom stereocenters. The number of rotatable bonds is 4. The van der Waals surface area contributed by atoms with Crippen LogP contribution in [0.15, 0.2) is 24.3 Å². The van der Waals surface area contributed by atoms with Gasteiger partial charge in [0.2, 0.25) is 0 Å². The van der Waals surface area contributed by atoms with Gasteiger partial charge in [0.25, 0.3) is 0 Å². The largest absolute Gasteiger partial charge is 0.395 e. The van der Waals surface area contributed by atoms with Crippen LogP contribution in [0.4, 0.5) is 0 Å². The monoisotopic (exact) mass is 247 g/mol. The summed E-state index contributed by atoms with van der Waals surface area (Å²) < 4.78 is 0. The highest BCUT2D eigenvalue weighted by atomic mass is 16.3. The summed E-state index contributed by atoms with van der Waals surface area (Å²) in [5.41, 5.74) is 2.47. The smallest absolute Gasteiger partial charge is 0.0522 e. The molecule has 0 aromatic heterocycles. The van der Waals surface area contributed by atoms with Crippen LogP contribution in [-0.2, 0) is 11.8 Å². The summed E-state index contributed by atoms with van der Waals surface area (Å²) in [6.45, 7) is 5.51. The zero-order valence-corrected chi connectivity index (χ0v) is 11.6. The number of piperidine rings is 1. The fourth-order valence-electron chi connectivity index (χ4n) is 2.57. The average Bonchev–Trinajstić information content (AvgIpc) is 2.40. The summed E-state index contributed by atoms with van der Waals surface area (Å²) in [7, 11) is 0. The number of hydrogen-bond donors (Lipinski definition) is 2. The van der Waals surface area contributed by atoms with E-state index in [0.29, 0.717) is 6.04 Å². The SMILES string of the molecule is CC(C)(CO)c1ccc(CC2CCCCN2)cc1. The Labute approximate surface area is 110 Å². The summed E-state index contributed by atoms with van der Waals surface area (Å²) in [4.78, 5) is 0. The maximum absolute atomic E-state index is 9.37. The molecule has 2 rings (SSSR count). The lowest BCUT2D eigenvalue weighted by Crippen LogP contribution is -2.35. The molecule has 1 heterocycles. The highest BCUT2D eigenvalue weighted by molar-refractivity contribution is 5.28. The molecule has 0 aliphatic carbocycles. The standard InChI is InChI=1S/C16H25NO/c1-16(2,12-18)14-8-6-13(7-9-14)11-15-5-3-4-10-17-15/h6-9,15,17-18H,3-5,10-12H2,1-2H3. The Hall–Kier alpha value is -0.860. The van der Waals surface area contributed by atoms with Crippen molar-refractivity contribution in [3.05, 3.63) is 35.4 Å². The normalized spacial score (nSPS) is 20.9. The van der Waals surface area contributed by atoms with Crippen LogP contribution < -0.4 is 5.32 Å². The van der Waals surface area contributed by atoms with E-state index < -0.39 is 0 Å². The van der Waals surface area contributed by atoms with Crippen molar-refractivity contribution in [1.82, 2.24) is 5.32 Å². The van der Waals surface area contributed by atoms with Gasteiger partial charge in [0, 0.05) is 11.5 Å². The van der Waals surface area contributed by atoms with E-state index in [1.54, 1.807) is 0 Å². The van der Waals surface area contributed by atoms with E-state index in [-0.39, 0.29) is 12.0 Å². The van der Waals surface area contributed by atoms with Gasteiger partial charge in [-0.05, 0) is 36.9 Å².